The molecule has 0 unspecified atom stereocenters. The Labute approximate surface area is 102 Å². The molecule has 0 radical (unpaired) electrons. The van der Waals surface area contributed by atoms with Gasteiger partial charge >= 0.3 is 0 Å². The van der Waals surface area contributed by atoms with Crippen LogP contribution in [0.25, 0.3) is 11.1 Å². The van der Waals surface area contributed by atoms with Crippen LogP contribution in [0.4, 0.5) is 0 Å². The molecule has 0 spiro atoms. The van der Waals surface area contributed by atoms with Crippen molar-refractivity contribution in [3.8, 4) is 11.1 Å². The number of hydrogen-bond donors (Lipinski definition) is 1. The first-order valence-electron chi connectivity index (χ1n) is 6.06. The lowest BCUT2D eigenvalue weighted by molar-refractivity contribution is 0.269. The van der Waals surface area contributed by atoms with E-state index in [9.17, 15) is 0 Å². The average Bonchev–Trinajstić information content (AvgIpc) is 2.80. The van der Waals surface area contributed by atoms with E-state index in [1.54, 1.807) is 4.68 Å². The molecule has 1 N–H and O–H groups in total. The third-order valence-electron chi connectivity index (χ3n) is 2.79. The summed E-state index contributed by atoms with van der Waals surface area (Å²) in [4.78, 5) is 0. The van der Waals surface area contributed by atoms with Crippen molar-refractivity contribution in [1.82, 2.24) is 9.78 Å². The molecular formula is C14H18N2O. The van der Waals surface area contributed by atoms with Gasteiger partial charge in [0, 0.05) is 11.8 Å². The van der Waals surface area contributed by atoms with Crippen molar-refractivity contribution in [2.75, 3.05) is 6.61 Å². The van der Waals surface area contributed by atoms with Gasteiger partial charge in [0.05, 0.1) is 19.3 Å². The summed E-state index contributed by atoms with van der Waals surface area (Å²) in [7, 11) is 0. The van der Waals surface area contributed by atoms with Gasteiger partial charge in [-0.25, -0.2) is 0 Å². The van der Waals surface area contributed by atoms with Crippen LogP contribution < -0.4 is 0 Å². The molecule has 0 atom stereocenters. The molecule has 0 saturated heterocycles. The maximum absolute atomic E-state index is 8.83. The van der Waals surface area contributed by atoms with Gasteiger partial charge in [0.1, 0.15) is 0 Å². The van der Waals surface area contributed by atoms with E-state index in [1.807, 2.05) is 12.4 Å². The quantitative estimate of drug-likeness (QED) is 0.857. The zero-order valence-corrected chi connectivity index (χ0v) is 10.1. The van der Waals surface area contributed by atoms with Crippen LogP contribution in [-0.4, -0.2) is 21.5 Å². The third-order valence-corrected chi connectivity index (χ3v) is 2.79. The first-order chi connectivity index (χ1) is 8.33. The van der Waals surface area contributed by atoms with E-state index in [0.29, 0.717) is 6.54 Å². The highest BCUT2D eigenvalue weighted by molar-refractivity contribution is 5.61. The number of aliphatic hydroxyl groups is 1. The molecule has 0 fully saturated rings. The summed E-state index contributed by atoms with van der Waals surface area (Å²) in [6, 6.07) is 8.60. The Balaban J connectivity index is 2.15. The standard InChI is InChI=1S/C14H18N2O/c1-2-3-12-4-6-13(7-5-12)14-10-15-16(11-14)8-9-17/h4-7,10-11,17H,2-3,8-9H2,1H3. The Morgan fingerprint density at radius 3 is 2.59 bits per heavy atom. The van der Waals surface area contributed by atoms with Gasteiger partial charge in [-0.2, -0.15) is 5.10 Å². The lowest BCUT2D eigenvalue weighted by Gasteiger charge is -2.01. The largest absolute Gasteiger partial charge is 0.394 e. The van der Waals surface area contributed by atoms with Gasteiger partial charge in [-0.1, -0.05) is 37.6 Å². The summed E-state index contributed by atoms with van der Waals surface area (Å²) in [6.45, 7) is 2.86. The number of aliphatic hydroxyl groups excluding tert-OH is 1. The Morgan fingerprint density at radius 2 is 1.94 bits per heavy atom. The molecule has 0 aliphatic heterocycles. The van der Waals surface area contributed by atoms with Crippen molar-refractivity contribution in [2.24, 2.45) is 0 Å². The molecule has 0 bridgehead atoms. The van der Waals surface area contributed by atoms with Gasteiger partial charge in [-0.15, -0.1) is 0 Å². The smallest absolute Gasteiger partial charge is 0.0641 e. The van der Waals surface area contributed by atoms with E-state index in [0.717, 1.165) is 12.0 Å². The number of rotatable bonds is 5. The van der Waals surface area contributed by atoms with E-state index in [-0.39, 0.29) is 6.61 Å². The molecule has 1 heterocycles. The van der Waals surface area contributed by atoms with E-state index in [1.165, 1.54) is 17.5 Å². The van der Waals surface area contributed by atoms with Gasteiger partial charge in [-0.3, -0.25) is 4.68 Å². The molecule has 0 aliphatic rings. The topological polar surface area (TPSA) is 38.0 Å². The number of nitrogens with zero attached hydrogens (tertiary/aromatic N) is 2. The summed E-state index contributed by atoms with van der Waals surface area (Å²) in [5.74, 6) is 0. The normalized spacial score (nSPS) is 10.7. The van der Waals surface area contributed by atoms with Gasteiger partial charge in [0.2, 0.25) is 0 Å². The van der Waals surface area contributed by atoms with Crippen LogP contribution in [0.1, 0.15) is 18.9 Å². The van der Waals surface area contributed by atoms with Crippen molar-refractivity contribution >= 4 is 0 Å². The molecular weight excluding hydrogens is 212 g/mol. The highest BCUT2D eigenvalue weighted by Gasteiger charge is 2.01. The highest BCUT2D eigenvalue weighted by atomic mass is 16.3. The molecule has 0 aliphatic carbocycles. The Kier molecular flexibility index (Phi) is 3.94. The van der Waals surface area contributed by atoms with Gasteiger partial charge < -0.3 is 5.11 Å². The number of aromatic nitrogens is 2. The highest BCUT2D eigenvalue weighted by Crippen LogP contribution is 2.19. The van der Waals surface area contributed by atoms with E-state index in [4.69, 9.17) is 5.11 Å². The van der Waals surface area contributed by atoms with Gasteiger partial charge in [0.15, 0.2) is 0 Å². The summed E-state index contributed by atoms with van der Waals surface area (Å²) in [5.41, 5.74) is 3.65. The molecule has 3 nitrogen and oxygen atoms in total. The summed E-state index contributed by atoms with van der Waals surface area (Å²) in [6.07, 6.45) is 6.10. The minimum Gasteiger partial charge on any atom is -0.394 e. The number of aryl methyl sites for hydroxylation is 1. The van der Waals surface area contributed by atoms with Crippen molar-refractivity contribution in [3.05, 3.63) is 42.2 Å². The molecule has 1 aromatic carbocycles. The summed E-state index contributed by atoms with van der Waals surface area (Å²) < 4.78 is 1.76. The predicted octanol–water partition coefficient (Wildman–Crippen LogP) is 2.49. The van der Waals surface area contributed by atoms with E-state index < -0.39 is 0 Å². The monoisotopic (exact) mass is 230 g/mol. The first-order valence-corrected chi connectivity index (χ1v) is 6.06. The maximum atomic E-state index is 8.83. The summed E-state index contributed by atoms with van der Waals surface area (Å²) in [5, 5.41) is 13.0. The van der Waals surface area contributed by atoms with Crippen LogP contribution >= 0.6 is 0 Å². The fourth-order valence-corrected chi connectivity index (χ4v) is 1.89. The fraction of sp³-hybridized carbons (Fsp3) is 0.357. The molecule has 17 heavy (non-hydrogen) atoms. The van der Waals surface area contributed by atoms with Crippen molar-refractivity contribution in [2.45, 2.75) is 26.3 Å². The van der Waals surface area contributed by atoms with Crippen LogP contribution in [0.3, 0.4) is 0 Å². The Morgan fingerprint density at radius 1 is 1.18 bits per heavy atom. The number of benzene rings is 1. The third kappa shape index (κ3) is 2.94. The lowest BCUT2D eigenvalue weighted by atomic mass is 10.0. The number of hydrogen-bond acceptors (Lipinski definition) is 2. The fourth-order valence-electron chi connectivity index (χ4n) is 1.89. The lowest BCUT2D eigenvalue weighted by Crippen LogP contribution is -2.01. The second-order valence-corrected chi connectivity index (χ2v) is 4.16. The Bertz CT molecular complexity index is 459. The van der Waals surface area contributed by atoms with Crippen LogP contribution in [0, 0.1) is 0 Å². The van der Waals surface area contributed by atoms with Crippen molar-refractivity contribution < 1.29 is 5.11 Å². The van der Waals surface area contributed by atoms with E-state index in [2.05, 4.69) is 36.3 Å². The Hall–Kier alpha value is -1.61. The minimum absolute atomic E-state index is 0.122. The van der Waals surface area contributed by atoms with E-state index >= 15 is 0 Å². The van der Waals surface area contributed by atoms with Crippen LogP contribution in [-0.2, 0) is 13.0 Å². The summed E-state index contributed by atoms with van der Waals surface area (Å²) >= 11 is 0. The average molecular weight is 230 g/mol. The van der Waals surface area contributed by atoms with Crippen LogP contribution in [0.15, 0.2) is 36.7 Å². The van der Waals surface area contributed by atoms with Crippen molar-refractivity contribution in [3.63, 3.8) is 0 Å². The first kappa shape index (κ1) is 11.9. The second-order valence-electron chi connectivity index (χ2n) is 4.16. The molecule has 3 heteroatoms. The van der Waals surface area contributed by atoms with Crippen molar-refractivity contribution in [1.29, 1.82) is 0 Å². The minimum atomic E-state index is 0.122. The van der Waals surface area contributed by atoms with Crippen LogP contribution in [0.5, 0.6) is 0 Å². The predicted molar refractivity (Wildman–Crippen MR) is 68.7 cm³/mol. The molecule has 0 amide bonds. The SMILES string of the molecule is CCCc1ccc(-c2cnn(CCO)c2)cc1. The molecule has 90 valence electrons. The zero-order valence-electron chi connectivity index (χ0n) is 10.1. The maximum Gasteiger partial charge on any atom is 0.0641 e. The molecule has 0 saturated carbocycles. The second kappa shape index (κ2) is 5.64. The molecule has 1 aromatic heterocycles. The van der Waals surface area contributed by atoms with Gasteiger partial charge in [-0.05, 0) is 17.5 Å². The van der Waals surface area contributed by atoms with Crippen LogP contribution in [0.2, 0.25) is 0 Å². The molecule has 2 aromatic rings. The van der Waals surface area contributed by atoms with Gasteiger partial charge in [0.25, 0.3) is 0 Å². The molecule has 2 rings (SSSR count). The zero-order chi connectivity index (χ0) is 12.1.